The molecule has 11 heteroatoms. The van der Waals surface area contributed by atoms with Gasteiger partial charge in [0.15, 0.2) is 12.4 Å². The number of nitrogens with two attached hydrogens (primary N) is 1. The summed E-state index contributed by atoms with van der Waals surface area (Å²) < 4.78 is 9.92. The minimum atomic E-state index is -2.02. The molecule has 130 valence electrons. The molecule has 1 aliphatic rings. The van der Waals surface area contributed by atoms with Crippen molar-refractivity contribution in [2.45, 2.75) is 49.0 Å². The van der Waals surface area contributed by atoms with Crippen LogP contribution in [0.1, 0.15) is 0 Å². The van der Waals surface area contributed by atoms with Gasteiger partial charge in [0.05, 0.1) is 13.2 Å². The van der Waals surface area contributed by atoms with E-state index < -0.39 is 68.1 Å². The molecule has 1 fully saturated rings. The number of primary amides is 1. The van der Waals surface area contributed by atoms with Crippen LogP contribution in [-0.2, 0) is 14.3 Å². The third-order valence-corrected chi connectivity index (χ3v) is 3.29. The van der Waals surface area contributed by atoms with E-state index in [-0.39, 0.29) is 0 Å². The average molecular weight is 327 g/mol. The van der Waals surface area contributed by atoms with E-state index in [1.165, 1.54) is 0 Å². The molecular formula is C11H21NO10. The smallest absolute Gasteiger partial charge is 0.249 e. The molecule has 0 aromatic rings. The average Bonchev–Trinajstić information content (AvgIpc) is 2.50. The summed E-state index contributed by atoms with van der Waals surface area (Å²) >= 11 is 0. The molecule has 0 spiro atoms. The Morgan fingerprint density at radius 2 is 1.73 bits per heavy atom. The first kappa shape index (κ1) is 19.2. The van der Waals surface area contributed by atoms with E-state index in [4.69, 9.17) is 20.3 Å². The van der Waals surface area contributed by atoms with Crippen molar-refractivity contribution in [1.82, 2.24) is 0 Å². The summed E-state index contributed by atoms with van der Waals surface area (Å²) in [5, 5.41) is 65.9. The second-order valence-electron chi connectivity index (χ2n) is 4.94. The minimum Gasteiger partial charge on any atom is -0.394 e. The molecule has 1 unspecified atom stereocenters. The maximum absolute atomic E-state index is 10.7. The second kappa shape index (κ2) is 8.10. The van der Waals surface area contributed by atoms with Gasteiger partial charge in [0.25, 0.3) is 0 Å². The van der Waals surface area contributed by atoms with E-state index in [0.717, 1.165) is 0 Å². The summed E-state index contributed by atoms with van der Waals surface area (Å²) in [6.07, 6.45) is -13.3. The Hall–Kier alpha value is -0.890. The Balaban J connectivity index is 2.57. The number of rotatable bonds is 7. The fourth-order valence-corrected chi connectivity index (χ4v) is 1.88. The number of carbonyl (C=O) groups excluding carboxylic acids is 1. The van der Waals surface area contributed by atoms with Gasteiger partial charge in [-0.05, 0) is 0 Å². The standard InChI is InChI=1S/C11H21NO10/c12-10(20)8(18)5(15)3(14)2-21-11-9(19)7(17)6(16)4(1-13)22-11/h3-9,11,13-19H,1-2H2,(H2,12,20)/t3-,4-,5-,6-,7+,8+,9-,11?/m1/s1. The summed E-state index contributed by atoms with van der Waals surface area (Å²) in [5.41, 5.74) is 4.75. The van der Waals surface area contributed by atoms with Crippen molar-refractivity contribution in [3.8, 4) is 0 Å². The Morgan fingerprint density at radius 3 is 2.23 bits per heavy atom. The van der Waals surface area contributed by atoms with Gasteiger partial charge in [-0.3, -0.25) is 4.79 Å². The van der Waals surface area contributed by atoms with Gasteiger partial charge in [0.2, 0.25) is 5.91 Å². The summed E-state index contributed by atoms with van der Waals surface area (Å²) in [6, 6.07) is 0. The molecule has 0 aromatic heterocycles. The van der Waals surface area contributed by atoms with Crippen molar-refractivity contribution in [3.63, 3.8) is 0 Å². The molecule has 11 nitrogen and oxygen atoms in total. The van der Waals surface area contributed by atoms with Crippen molar-refractivity contribution in [2.75, 3.05) is 13.2 Å². The van der Waals surface area contributed by atoms with E-state index >= 15 is 0 Å². The lowest BCUT2D eigenvalue weighted by molar-refractivity contribution is -0.306. The zero-order valence-corrected chi connectivity index (χ0v) is 11.5. The van der Waals surface area contributed by atoms with Gasteiger partial charge in [-0.1, -0.05) is 0 Å². The van der Waals surface area contributed by atoms with Crippen LogP contribution in [-0.4, -0.2) is 104 Å². The van der Waals surface area contributed by atoms with Crippen LogP contribution >= 0.6 is 0 Å². The van der Waals surface area contributed by atoms with Gasteiger partial charge < -0.3 is 51.0 Å². The summed E-state index contributed by atoms with van der Waals surface area (Å²) in [6.45, 7) is -1.34. The van der Waals surface area contributed by atoms with Crippen molar-refractivity contribution < 1.29 is 50.0 Å². The summed E-state index contributed by atoms with van der Waals surface area (Å²) in [4.78, 5) is 10.7. The molecule has 0 aliphatic carbocycles. The summed E-state index contributed by atoms with van der Waals surface area (Å²) in [7, 11) is 0. The predicted molar refractivity (Wildman–Crippen MR) is 66.9 cm³/mol. The van der Waals surface area contributed by atoms with Crippen molar-refractivity contribution in [2.24, 2.45) is 5.73 Å². The van der Waals surface area contributed by atoms with Gasteiger partial charge in [-0.2, -0.15) is 0 Å². The Bertz CT molecular complexity index is 367. The monoisotopic (exact) mass is 327 g/mol. The molecule has 0 bridgehead atoms. The van der Waals surface area contributed by atoms with E-state index in [1.807, 2.05) is 0 Å². The van der Waals surface area contributed by atoms with Crippen LogP contribution in [0.15, 0.2) is 0 Å². The molecule has 1 amide bonds. The molecule has 22 heavy (non-hydrogen) atoms. The number of carbonyl (C=O) groups is 1. The second-order valence-corrected chi connectivity index (χ2v) is 4.94. The van der Waals surface area contributed by atoms with E-state index in [2.05, 4.69) is 0 Å². The highest BCUT2D eigenvalue weighted by atomic mass is 16.7. The quantitative estimate of drug-likeness (QED) is 0.222. The molecule has 9 N–H and O–H groups in total. The fraction of sp³-hybridized carbons (Fsp3) is 0.909. The first-order valence-corrected chi connectivity index (χ1v) is 6.46. The zero-order chi connectivity index (χ0) is 17.0. The van der Waals surface area contributed by atoms with Crippen LogP contribution in [0.25, 0.3) is 0 Å². The largest absolute Gasteiger partial charge is 0.394 e. The third-order valence-electron chi connectivity index (χ3n) is 3.29. The molecule has 1 saturated heterocycles. The lowest BCUT2D eigenvalue weighted by atomic mass is 9.99. The maximum atomic E-state index is 10.7. The summed E-state index contributed by atoms with van der Waals surface area (Å²) in [5.74, 6) is -1.25. The number of amides is 1. The van der Waals surface area contributed by atoms with Gasteiger partial charge in [0, 0.05) is 0 Å². The van der Waals surface area contributed by atoms with Crippen LogP contribution < -0.4 is 5.73 Å². The lowest BCUT2D eigenvalue weighted by Crippen LogP contribution is -2.59. The minimum absolute atomic E-state index is 0.656. The van der Waals surface area contributed by atoms with Crippen LogP contribution in [0.2, 0.25) is 0 Å². The van der Waals surface area contributed by atoms with Crippen LogP contribution in [0.4, 0.5) is 0 Å². The Labute approximate surface area is 125 Å². The van der Waals surface area contributed by atoms with Gasteiger partial charge >= 0.3 is 0 Å². The molecule has 0 radical (unpaired) electrons. The molecule has 0 aromatic carbocycles. The van der Waals surface area contributed by atoms with Crippen LogP contribution in [0.5, 0.6) is 0 Å². The van der Waals surface area contributed by atoms with E-state index in [9.17, 15) is 35.4 Å². The number of aliphatic hydroxyl groups is 7. The topological polar surface area (TPSA) is 203 Å². The third kappa shape index (κ3) is 4.32. The van der Waals surface area contributed by atoms with E-state index in [1.54, 1.807) is 0 Å². The van der Waals surface area contributed by atoms with Crippen LogP contribution in [0, 0.1) is 0 Å². The van der Waals surface area contributed by atoms with Gasteiger partial charge in [-0.15, -0.1) is 0 Å². The van der Waals surface area contributed by atoms with E-state index in [0.29, 0.717) is 0 Å². The highest BCUT2D eigenvalue weighted by Gasteiger charge is 2.44. The van der Waals surface area contributed by atoms with Crippen molar-refractivity contribution in [3.05, 3.63) is 0 Å². The fourth-order valence-electron chi connectivity index (χ4n) is 1.88. The molecule has 8 atom stereocenters. The number of hydrogen-bond donors (Lipinski definition) is 8. The highest BCUT2D eigenvalue weighted by molar-refractivity contribution is 5.79. The molecule has 1 heterocycles. The molecule has 1 aliphatic heterocycles. The van der Waals surface area contributed by atoms with Crippen LogP contribution in [0.3, 0.4) is 0 Å². The zero-order valence-electron chi connectivity index (χ0n) is 11.5. The van der Waals surface area contributed by atoms with Crippen molar-refractivity contribution >= 4 is 5.91 Å². The normalized spacial score (nSPS) is 36.6. The molecule has 0 saturated carbocycles. The Kier molecular flexibility index (Phi) is 7.05. The predicted octanol–water partition coefficient (Wildman–Crippen LogP) is -5.63. The Morgan fingerprint density at radius 1 is 1.14 bits per heavy atom. The highest BCUT2D eigenvalue weighted by Crippen LogP contribution is 2.22. The first-order chi connectivity index (χ1) is 10.2. The van der Waals surface area contributed by atoms with Crippen molar-refractivity contribution in [1.29, 1.82) is 0 Å². The molecular weight excluding hydrogens is 306 g/mol. The van der Waals surface area contributed by atoms with Gasteiger partial charge in [-0.25, -0.2) is 0 Å². The molecule has 1 rings (SSSR count). The number of aliphatic hydroxyl groups excluding tert-OH is 7. The SMILES string of the molecule is NC(=O)[C@@H](O)[C@H](O)[C@H](O)COC1O[C@H](CO)[C@@H](O)[C@H](O)[C@H]1O. The number of ether oxygens (including phenoxy) is 2. The first-order valence-electron chi connectivity index (χ1n) is 6.46. The maximum Gasteiger partial charge on any atom is 0.249 e. The number of hydrogen-bond acceptors (Lipinski definition) is 10. The lowest BCUT2D eigenvalue weighted by Gasteiger charge is -2.39. The van der Waals surface area contributed by atoms with Gasteiger partial charge in [0.1, 0.15) is 36.6 Å².